The van der Waals surface area contributed by atoms with Gasteiger partial charge in [0.05, 0.1) is 0 Å². The van der Waals surface area contributed by atoms with Gasteiger partial charge in [0.15, 0.2) is 0 Å². The molecule has 0 radical (unpaired) electrons. The number of hydrogen-bond donors (Lipinski definition) is 2. The SMILES string of the molecule is Cc1ccc(N)cc1NC(C)C(C)(C)C. The molecule has 1 aromatic rings. The highest BCUT2D eigenvalue weighted by Gasteiger charge is 2.19. The Hall–Kier alpha value is -1.18. The summed E-state index contributed by atoms with van der Waals surface area (Å²) in [6.07, 6.45) is 0. The Morgan fingerprint density at radius 3 is 2.40 bits per heavy atom. The Morgan fingerprint density at radius 1 is 1.27 bits per heavy atom. The maximum Gasteiger partial charge on any atom is 0.0392 e. The van der Waals surface area contributed by atoms with E-state index in [9.17, 15) is 0 Å². The fourth-order valence-electron chi connectivity index (χ4n) is 1.24. The summed E-state index contributed by atoms with van der Waals surface area (Å²) >= 11 is 0. The first kappa shape index (κ1) is 11.9. The van der Waals surface area contributed by atoms with Crippen LogP contribution in [0.5, 0.6) is 0 Å². The van der Waals surface area contributed by atoms with Gasteiger partial charge in [0.25, 0.3) is 0 Å². The van der Waals surface area contributed by atoms with Gasteiger partial charge in [0, 0.05) is 17.4 Å². The Labute approximate surface area is 92.9 Å². The van der Waals surface area contributed by atoms with Crippen molar-refractivity contribution in [2.45, 2.75) is 40.7 Å². The third-order valence-corrected chi connectivity index (χ3v) is 2.93. The highest BCUT2D eigenvalue weighted by atomic mass is 14.9. The lowest BCUT2D eigenvalue weighted by Crippen LogP contribution is -2.31. The minimum absolute atomic E-state index is 0.247. The zero-order chi connectivity index (χ0) is 11.6. The van der Waals surface area contributed by atoms with Crippen molar-refractivity contribution in [3.8, 4) is 0 Å². The van der Waals surface area contributed by atoms with Gasteiger partial charge in [0.2, 0.25) is 0 Å². The van der Waals surface area contributed by atoms with Crippen LogP contribution in [0.2, 0.25) is 0 Å². The highest BCUT2D eigenvalue weighted by Crippen LogP contribution is 2.25. The second-order valence-electron chi connectivity index (χ2n) is 5.31. The Kier molecular flexibility index (Phi) is 3.28. The van der Waals surface area contributed by atoms with E-state index < -0.39 is 0 Å². The summed E-state index contributed by atoms with van der Waals surface area (Å²) in [6, 6.07) is 6.39. The van der Waals surface area contributed by atoms with Gasteiger partial charge in [-0.2, -0.15) is 0 Å². The van der Waals surface area contributed by atoms with E-state index in [2.05, 4.69) is 39.9 Å². The van der Waals surface area contributed by atoms with Gasteiger partial charge in [-0.3, -0.25) is 0 Å². The molecule has 0 amide bonds. The van der Waals surface area contributed by atoms with Crippen LogP contribution in [0.25, 0.3) is 0 Å². The van der Waals surface area contributed by atoms with E-state index in [0.717, 1.165) is 11.4 Å². The first-order chi connectivity index (χ1) is 6.80. The molecule has 0 fully saturated rings. The van der Waals surface area contributed by atoms with Crippen LogP contribution in [-0.4, -0.2) is 6.04 Å². The number of anilines is 2. The molecule has 1 aromatic carbocycles. The normalized spacial score (nSPS) is 13.7. The third-order valence-electron chi connectivity index (χ3n) is 2.93. The molecule has 1 rings (SSSR count). The molecule has 0 saturated carbocycles. The molecule has 0 saturated heterocycles. The predicted molar refractivity (Wildman–Crippen MR) is 68.1 cm³/mol. The first-order valence-electron chi connectivity index (χ1n) is 5.43. The zero-order valence-electron chi connectivity index (χ0n) is 10.4. The van der Waals surface area contributed by atoms with Crippen LogP contribution in [0, 0.1) is 12.3 Å². The average molecular weight is 206 g/mol. The highest BCUT2D eigenvalue weighted by molar-refractivity contribution is 5.59. The molecule has 0 aliphatic carbocycles. The van der Waals surface area contributed by atoms with Gasteiger partial charge in [-0.15, -0.1) is 0 Å². The molecule has 0 heterocycles. The predicted octanol–water partition coefficient (Wildman–Crippen LogP) is 3.42. The molecule has 2 heteroatoms. The molecule has 0 aliphatic rings. The van der Waals surface area contributed by atoms with Gasteiger partial charge in [-0.1, -0.05) is 26.8 Å². The van der Waals surface area contributed by atoms with E-state index in [1.165, 1.54) is 5.56 Å². The summed E-state index contributed by atoms with van der Waals surface area (Å²) in [4.78, 5) is 0. The summed E-state index contributed by atoms with van der Waals surface area (Å²) in [6.45, 7) is 11.0. The number of benzene rings is 1. The molecule has 3 N–H and O–H groups in total. The molecule has 1 unspecified atom stereocenters. The maximum atomic E-state index is 5.77. The molecule has 15 heavy (non-hydrogen) atoms. The molecule has 0 aliphatic heterocycles. The fraction of sp³-hybridized carbons (Fsp3) is 0.538. The van der Waals surface area contributed by atoms with Crippen LogP contribution in [-0.2, 0) is 0 Å². The Bertz CT molecular complexity index is 337. The van der Waals surface area contributed by atoms with Crippen LogP contribution in [0.1, 0.15) is 33.3 Å². The van der Waals surface area contributed by atoms with Gasteiger partial charge >= 0.3 is 0 Å². The van der Waals surface area contributed by atoms with Crippen molar-refractivity contribution in [2.75, 3.05) is 11.1 Å². The van der Waals surface area contributed by atoms with E-state index in [1.54, 1.807) is 0 Å². The molecular weight excluding hydrogens is 184 g/mol. The van der Waals surface area contributed by atoms with Crippen molar-refractivity contribution in [3.05, 3.63) is 23.8 Å². The van der Waals surface area contributed by atoms with Crippen LogP contribution >= 0.6 is 0 Å². The number of nitrogens with one attached hydrogen (secondary N) is 1. The number of rotatable bonds is 2. The third kappa shape index (κ3) is 3.15. The van der Waals surface area contributed by atoms with Gasteiger partial charge in [-0.25, -0.2) is 0 Å². The minimum Gasteiger partial charge on any atom is -0.399 e. The zero-order valence-corrected chi connectivity index (χ0v) is 10.4. The van der Waals surface area contributed by atoms with E-state index >= 15 is 0 Å². The van der Waals surface area contributed by atoms with Crippen molar-refractivity contribution < 1.29 is 0 Å². The summed E-state index contributed by atoms with van der Waals surface area (Å²) in [5, 5.41) is 3.51. The minimum atomic E-state index is 0.247. The number of hydrogen-bond acceptors (Lipinski definition) is 2. The lowest BCUT2D eigenvalue weighted by atomic mass is 9.88. The lowest BCUT2D eigenvalue weighted by Gasteiger charge is -2.29. The largest absolute Gasteiger partial charge is 0.399 e. The van der Waals surface area contributed by atoms with Gasteiger partial charge < -0.3 is 11.1 Å². The van der Waals surface area contributed by atoms with E-state index in [1.807, 2.05) is 18.2 Å². The molecule has 2 nitrogen and oxygen atoms in total. The molecule has 84 valence electrons. The lowest BCUT2D eigenvalue weighted by molar-refractivity contribution is 0.359. The maximum absolute atomic E-state index is 5.77. The van der Waals surface area contributed by atoms with Crippen molar-refractivity contribution in [1.29, 1.82) is 0 Å². The van der Waals surface area contributed by atoms with Crippen molar-refractivity contribution in [1.82, 2.24) is 0 Å². The quantitative estimate of drug-likeness (QED) is 0.728. The first-order valence-corrected chi connectivity index (χ1v) is 5.43. The smallest absolute Gasteiger partial charge is 0.0392 e. The fourth-order valence-corrected chi connectivity index (χ4v) is 1.24. The van der Waals surface area contributed by atoms with E-state index in [-0.39, 0.29) is 5.41 Å². The second-order valence-corrected chi connectivity index (χ2v) is 5.31. The van der Waals surface area contributed by atoms with Gasteiger partial charge in [-0.05, 0) is 37.0 Å². The van der Waals surface area contributed by atoms with Crippen LogP contribution < -0.4 is 11.1 Å². The van der Waals surface area contributed by atoms with E-state index in [4.69, 9.17) is 5.73 Å². The molecule has 0 bridgehead atoms. The summed E-state index contributed by atoms with van der Waals surface area (Å²) in [5.74, 6) is 0. The van der Waals surface area contributed by atoms with Crippen LogP contribution in [0.3, 0.4) is 0 Å². The van der Waals surface area contributed by atoms with Crippen molar-refractivity contribution >= 4 is 11.4 Å². The number of nitrogens with two attached hydrogens (primary N) is 1. The molecule has 0 spiro atoms. The number of nitrogen functional groups attached to an aromatic ring is 1. The Morgan fingerprint density at radius 2 is 1.87 bits per heavy atom. The molecule has 0 aromatic heterocycles. The second kappa shape index (κ2) is 4.13. The number of aryl methyl sites for hydroxylation is 1. The summed E-state index contributed by atoms with van der Waals surface area (Å²) < 4.78 is 0. The Balaban J connectivity index is 2.85. The van der Waals surface area contributed by atoms with Crippen LogP contribution in [0.15, 0.2) is 18.2 Å². The summed E-state index contributed by atoms with van der Waals surface area (Å²) in [5.41, 5.74) is 9.20. The van der Waals surface area contributed by atoms with E-state index in [0.29, 0.717) is 6.04 Å². The van der Waals surface area contributed by atoms with Gasteiger partial charge in [0.1, 0.15) is 0 Å². The molecular formula is C13H22N2. The monoisotopic (exact) mass is 206 g/mol. The topological polar surface area (TPSA) is 38.0 Å². The van der Waals surface area contributed by atoms with Crippen molar-refractivity contribution in [3.63, 3.8) is 0 Å². The van der Waals surface area contributed by atoms with Crippen molar-refractivity contribution in [2.24, 2.45) is 5.41 Å². The molecule has 1 atom stereocenters. The summed E-state index contributed by atoms with van der Waals surface area (Å²) in [7, 11) is 0. The standard InChI is InChI=1S/C13H22N2/c1-9-6-7-11(14)8-12(9)15-10(2)13(3,4)5/h6-8,10,15H,14H2,1-5H3. The average Bonchev–Trinajstić information content (AvgIpc) is 2.09. The van der Waals surface area contributed by atoms with Crippen LogP contribution in [0.4, 0.5) is 11.4 Å².